The van der Waals surface area contributed by atoms with Gasteiger partial charge in [-0.3, -0.25) is 0 Å². The fraction of sp³-hybridized carbons (Fsp3) is 0.647. The largest absolute Gasteiger partial charge is 0.374 e. The summed E-state index contributed by atoms with van der Waals surface area (Å²) in [6.07, 6.45) is 4.20. The van der Waals surface area contributed by atoms with Crippen LogP contribution in [-0.2, 0) is 4.74 Å². The molecule has 2 fully saturated rings. The molecule has 4 heteroatoms. The van der Waals surface area contributed by atoms with Crippen LogP contribution in [0.4, 0.5) is 5.69 Å². The summed E-state index contributed by atoms with van der Waals surface area (Å²) in [6, 6.07) is 7.75. The Kier molecular flexibility index (Phi) is 4.87. The SMILES string of the molecule is CCNC(C)c1ccc(N2CCOC3CCCC32)c(Br)c1. The van der Waals surface area contributed by atoms with Gasteiger partial charge in [0.25, 0.3) is 0 Å². The van der Waals surface area contributed by atoms with Crippen molar-refractivity contribution in [3.8, 4) is 0 Å². The molecule has 1 N–H and O–H groups in total. The van der Waals surface area contributed by atoms with Gasteiger partial charge in [-0.15, -0.1) is 0 Å². The molecular formula is C17H25BrN2O. The van der Waals surface area contributed by atoms with Crippen molar-refractivity contribution in [2.24, 2.45) is 0 Å². The van der Waals surface area contributed by atoms with E-state index in [2.05, 4.69) is 58.2 Å². The quantitative estimate of drug-likeness (QED) is 0.889. The maximum atomic E-state index is 5.92. The summed E-state index contributed by atoms with van der Waals surface area (Å²) in [5, 5.41) is 3.47. The van der Waals surface area contributed by atoms with Crippen molar-refractivity contribution in [2.75, 3.05) is 24.6 Å². The number of nitrogens with zero attached hydrogens (tertiary/aromatic N) is 1. The Hall–Kier alpha value is -0.580. The maximum Gasteiger partial charge on any atom is 0.0779 e. The molecule has 0 bridgehead atoms. The highest BCUT2D eigenvalue weighted by Crippen LogP contribution is 2.37. The Morgan fingerprint density at radius 1 is 1.43 bits per heavy atom. The lowest BCUT2D eigenvalue weighted by Crippen LogP contribution is -2.48. The summed E-state index contributed by atoms with van der Waals surface area (Å²) in [4.78, 5) is 2.55. The van der Waals surface area contributed by atoms with E-state index in [1.807, 2.05) is 0 Å². The molecule has 1 aliphatic carbocycles. The van der Waals surface area contributed by atoms with Gasteiger partial charge in [-0.1, -0.05) is 13.0 Å². The summed E-state index contributed by atoms with van der Waals surface area (Å²) in [6.45, 7) is 7.21. The predicted molar refractivity (Wildman–Crippen MR) is 91.0 cm³/mol. The molecule has 1 aromatic carbocycles. The number of rotatable bonds is 4. The Morgan fingerprint density at radius 2 is 2.29 bits per heavy atom. The predicted octanol–water partition coefficient (Wildman–Crippen LogP) is 3.88. The molecule has 3 unspecified atom stereocenters. The first-order valence-electron chi connectivity index (χ1n) is 8.11. The van der Waals surface area contributed by atoms with E-state index < -0.39 is 0 Å². The van der Waals surface area contributed by atoms with Crippen LogP contribution in [0, 0.1) is 0 Å². The van der Waals surface area contributed by atoms with Gasteiger partial charge in [0.05, 0.1) is 24.4 Å². The van der Waals surface area contributed by atoms with Gasteiger partial charge in [-0.05, 0) is 66.4 Å². The molecule has 1 heterocycles. The zero-order valence-electron chi connectivity index (χ0n) is 12.9. The van der Waals surface area contributed by atoms with E-state index in [9.17, 15) is 0 Å². The third-order valence-corrected chi connectivity index (χ3v) is 5.41. The number of nitrogens with one attached hydrogen (secondary N) is 1. The molecule has 1 saturated heterocycles. The van der Waals surface area contributed by atoms with Gasteiger partial charge in [0, 0.05) is 17.1 Å². The van der Waals surface area contributed by atoms with Crippen molar-refractivity contribution >= 4 is 21.6 Å². The number of hydrogen-bond donors (Lipinski definition) is 1. The van der Waals surface area contributed by atoms with Crippen molar-refractivity contribution in [1.29, 1.82) is 0 Å². The van der Waals surface area contributed by atoms with Gasteiger partial charge in [0.15, 0.2) is 0 Å². The number of halogens is 1. The monoisotopic (exact) mass is 352 g/mol. The van der Waals surface area contributed by atoms with Crippen LogP contribution >= 0.6 is 15.9 Å². The standard InChI is InChI=1S/C17H25BrN2O/c1-3-19-12(2)13-7-8-15(14(18)11-13)20-9-10-21-17-6-4-5-16(17)20/h7-8,11-12,16-17,19H,3-6,9-10H2,1-2H3. The van der Waals surface area contributed by atoms with Crippen LogP contribution in [0.25, 0.3) is 0 Å². The van der Waals surface area contributed by atoms with Crippen LogP contribution < -0.4 is 10.2 Å². The lowest BCUT2D eigenvalue weighted by Gasteiger charge is -2.40. The number of benzene rings is 1. The lowest BCUT2D eigenvalue weighted by molar-refractivity contribution is 0.0256. The highest BCUT2D eigenvalue weighted by molar-refractivity contribution is 9.10. The minimum absolute atomic E-state index is 0.393. The molecule has 2 aliphatic rings. The van der Waals surface area contributed by atoms with E-state index in [1.165, 1.54) is 35.0 Å². The van der Waals surface area contributed by atoms with Crippen molar-refractivity contribution in [3.63, 3.8) is 0 Å². The van der Waals surface area contributed by atoms with Gasteiger partial charge in [0.1, 0.15) is 0 Å². The number of hydrogen-bond acceptors (Lipinski definition) is 3. The summed E-state index contributed by atoms with van der Waals surface area (Å²) in [7, 11) is 0. The Balaban J connectivity index is 1.82. The molecule has 3 atom stereocenters. The smallest absolute Gasteiger partial charge is 0.0779 e. The molecule has 0 amide bonds. The molecule has 3 nitrogen and oxygen atoms in total. The molecular weight excluding hydrogens is 328 g/mol. The van der Waals surface area contributed by atoms with Crippen LogP contribution in [0.15, 0.2) is 22.7 Å². The summed E-state index contributed by atoms with van der Waals surface area (Å²) >= 11 is 3.79. The molecule has 116 valence electrons. The third kappa shape index (κ3) is 3.13. The number of morpholine rings is 1. The first-order chi connectivity index (χ1) is 10.2. The molecule has 1 aliphatic heterocycles. The summed E-state index contributed by atoms with van der Waals surface area (Å²) in [5.74, 6) is 0. The van der Waals surface area contributed by atoms with Gasteiger partial charge in [0.2, 0.25) is 0 Å². The fourth-order valence-electron chi connectivity index (χ4n) is 3.67. The summed E-state index contributed by atoms with van der Waals surface area (Å²) in [5.41, 5.74) is 2.66. The highest BCUT2D eigenvalue weighted by Gasteiger charge is 2.36. The van der Waals surface area contributed by atoms with E-state index in [0.29, 0.717) is 18.2 Å². The van der Waals surface area contributed by atoms with Crippen molar-refractivity contribution in [1.82, 2.24) is 5.32 Å². The number of anilines is 1. The normalized spacial score (nSPS) is 26.7. The van der Waals surface area contributed by atoms with Gasteiger partial charge in [-0.25, -0.2) is 0 Å². The maximum absolute atomic E-state index is 5.92. The van der Waals surface area contributed by atoms with Gasteiger partial charge < -0.3 is 15.0 Å². The Bertz CT molecular complexity index is 494. The van der Waals surface area contributed by atoms with Crippen LogP contribution in [0.2, 0.25) is 0 Å². The average Bonchev–Trinajstić information content (AvgIpc) is 2.96. The molecule has 1 aromatic rings. The van der Waals surface area contributed by atoms with E-state index in [0.717, 1.165) is 19.7 Å². The zero-order chi connectivity index (χ0) is 14.8. The Morgan fingerprint density at radius 3 is 3.05 bits per heavy atom. The van der Waals surface area contributed by atoms with E-state index in [4.69, 9.17) is 4.74 Å². The number of fused-ring (bicyclic) bond motifs is 1. The van der Waals surface area contributed by atoms with Crippen LogP contribution in [0.5, 0.6) is 0 Å². The number of ether oxygens (including phenoxy) is 1. The van der Waals surface area contributed by atoms with Crippen molar-refractivity contribution in [2.45, 2.75) is 51.3 Å². The molecule has 0 aromatic heterocycles. The highest BCUT2D eigenvalue weighted by atomic mass is 79.9. The fourth-order valence-corrected chi connectivity index (χ4v) is 4.30. The molecule has 3 rings (SSSR count). The summed E-state index contributed by atoms with van der Waals surface area (Å²) < 4.78 is 7.13. The van der Waals surface area contributed by atoms with E-state index >= 15 is 0 Å². The first kappa shape index (κ1) is 15.3. The van der Waals surface area contributed by atoms with E-state index in [1.54, 1.807) is 0 Å². The lowest BCUT2D eigenvalue weighted by atomic mass is 10.1. The van der Waals surface area contributed by atoms with Gasteiger partial charge in [-0.2, -0.15) is 0 Å². The topological polar surface area (TPSA) is 24.5 Å². The minimum Gasteiger partial charge on any atom is -0.374 e. The first-order valence-corrected chi connectivity index (χ1v) is 8.91. The Labute approximate surface area is 136 Å². The minimum atomic E-state index is 0.393. The second kappa shape index (κ2) is 6.67. The van der Waals surface area contributed by atoms with Crippen LogP contribution in [-0.4, -0.2) is 31.8 Å². The molecule has 21 heavy (non-hydrogen) atoms. The molecule has 1 saturated carbocycles. The van der Waals surface area contributed by atoms with E-state index in [-0.39, 0.29) is 0 Å². The average molecular weight is 353 g/mol. The second-order valence-corrected chi connectivity index (χ2v) is 6.95. The van der Waals surface area contributed by atoms with Crippen molar-refractivity contribution < 1.29 is 4.74 Å². The zero-order valence-corrected chi connectivity index (χ0v) is 14.5. The third-order valence-electron chi connectivity index (χ3n) is 4.77. The second-order valence-electron chi connectivity index (χ2n) is 6.09. The van der Waals surface area contributed by atoms with Crippen LogP contribution in [0.3, 0.4) is 0 Å². The molecule has 0 radical (unpaired) electrons. The van der Waals surface area contributed by atoms with Crippen LogP contribution in [0.1, 0.15) is 44.7 Å². The van der Waals surface area contributed by atoms with Gasteiger partial charge >= 0.3 is 0 Å². The van der Waals surface area contributed by atoms with Crippen molar-refractivity contribution in [3.05, 3.63) is 28.2 Å². The molecule has 0 spiro atoms.